The van der Waals surface area contributed by atoms with E-state index in [0.29, 0.717) is 6.42 Å². The lowest BCUT2D eigenvalue weighted by Crippen LogP contribution is -1.98. The zero-order valence-electron chi connectivity index (χ0n) is 6.35. The second-order valence-corrected chi connectivity index (χ2v) is 2.03. The number of allylic oxidation sites excluding steroid dienone is 1. The summed E-state index contributed by atoms with van der Waals surface area (Å²) in [7, 11) is 1.40. The number of methoxy groups -OCH3 is 1. The van der Waals surface area contributed by atoms with E-state index in [0.717, 1.165) is 19.3 Å². The van der Waals surface area contributed by atoms with Gasteiger partial charge in [-0.1, -0.05) is 12.7 Å². The molecule has 57 valence electrons. The summed E-state index contributed by atoms with van der Waals surface area (Å²) < 4.78 is 4.46. The van der Waals surface area contributed by atoms with Crippen molar-refractivity contribution in [3.8, 4) is 0 Å². The van der Waals surface area contributed by atoms with Gasteiger partial charge in [-0.05, 0) is 19.3 Å². The molecule has 0 aliphatic heterocycles. The van der Waals surface area contributed by atoms with Crippen molar-refractivity contribution in [2.75, 3.05) is 7.11 Å². The number of rotatable bonds is 5. The van der Waals surface area contributed by atoms with Crippen LogP contribution in [0.3, 0.4) is 0 Å². The summed E-state index contributed by atoms with van der Waals surface area (Å²) in [4.78, 5) is 10.5. The Kier molecular flexibility index (Phi) is 5.83. The maximum atomic E-state index is 10.5. The predicted molar refractivity (Wildman–Crippen MR) is 39.4 cm³/mol. The van der Waals surface area contributed by atoms with Crippen molar-refractivity contribution < 1.29 is 9.53 Å². The van der Waals surface area contributed by atoms with E-state index in [2.05, 4.69) is 17.4 Å². The highest BCUT2D eigenvalue weighted by atomic mass is 16.5. The first-order chi connectivity index (χ1) is 4.81. The first-order valence-corrected chi connectivity index (χ1v) is 3.38. The smallest absolute Gasteiger partial charge is 0.305 e. The van der Waals surface area contributed by atoms with E-state index in [4.69, 9.17) is 0 Å². The van der Waals surface area contributed by atoms with Gasteiger partial charge < -0.3 is 4.74 Å². The maximum Gasteiger partial charge on any atom is 0.305 e. The Morgan fingerprint density at radius 2 is 2.30 bits per heavy atom. The van der Waals surface area contributed by atoms with Gasteiger partial charge in [0.05, 0.1) is 7.11 Å². The molecule has 0 fully saturated rings. The number of esters is 1. The monoisotopic (exact) mass is 141 g/mol. The molecule has 0 N–H and O–H groups in total. The summed E-state index contributed by atoms with van der Waals surface area (Å²) in [6.07, 6.45) is 5.97. The fourth-order valence-electron chi connectivity index (χ4n) is 0.621. The SMILES string of the molecule is C=[C]CCCCC(=O)OC. The van der Waals surface area contributed by atoms with Crippen LogP contribution < -0.4 is 0 Å². The Balaban J connectivity index is 3.03. The Morgan fingerprint density at radius 3 is 2.80 bits per heavy atom. The molecule has 0 aliphatic carbocycles. The normalized spacial score (nSPS) is 8.90. The molecule has 0 saturated heterocycles. The second-order valence-electron chi connectivity index (χ2n) is 2.03. The molecular weight excluding hydrogens is 128 g/mol. The summed E-state index contributed by atoms with van der Waals surface area (Å²) in [6, 6.07) is 0. The van der Waals surface area contributed by atoms with E-state index in [-0.39, 0.29) is 5.97 Å². The summed E-state index contributed by atoms with van der Waals surface area (Å²) in [5.41, 5.74) is 0. The highest BCUT2D eigenvalue weighted by Crippen LogP contribution is 1.99. The molecule has 0 aromatic rings. The maximum absolute atomic E-state index is 10.5. The predicted octanol–water partition coefficient (Wildman–Crippen LogP) is 1.71. The molecule has 0 aromatic heterocycles. The van der Waals surface area contributed by atoms with E-state index in [1.165, 1.54) is 7.11 Å². The summed E-state index contributed by atoms with van der Waals surface area (Å²) >= 11 is 0. The van der Waals surface area contributed by atoms with Crippen LogP contribution in [0.2, 0.25) is 0 Å². The molecule has 2 nitrogen and oxygen atoms in total. The van der Waals surface area contributed by atoms with Crippen LogP contribution in [0.25, 0.3) is 0 Å². The fourth-order valence-corrected chi connectivity index (χ4v) is 0.621. The topological polar surface area (TPSA) is 26.3 Å². The van der Waals surface area contributed by atoms with Gasteiger partial charge in [-0.15, -0.1) is 0 Å². The van der Waals surface area contributed by atoms with Gasteiger partial charge in [0.25, 0.3) is 0 Å². The van der Waals surface area contributed by atoms with E-state index in [1.807, 2.05) is 0 Å². The van der Waals surface area contributed by atoms with Crippen molar-refractivity contribution in [2.24, 2.45) is 0 Å². The van der Waals surface area contributed by atoms with Gasteiger partial charge >= 0.3 is 5.97 Å². The van der Waals surface area contributed by atoms with Crippen LogP contribution in [0.4, 0.5) is 0 Å². The fraction of sp³-hybridized carbons (Fsp3) is 0.625. The summed E-state index contributed by atoms with van der Waals surface area (Å²) in [5.74, 6) is -0.135. The number of carbonyl (C=O) groups is 1. The molecule has 0 spiro atoms. The van der Waals surface area contributed by atoms with Crippen LogP contribution in [0.1, 0.15) is 25.7 Å². The molecule has 0 heterocycles. The molecule has 0 amide bonds. The largest absolute Gasteiger partial charge is 0.469 e. The van der Waals surface area contributed by atoms with E-state index >= 15 is 0 Å². The van der Waals surface area contributed by atoms with Gasteiger partial charge in [0.15, 0.2) is 0 Å². The minimum absolute atomic E-state index is 0.135. The number of ether oxygens (including phenoxy) is 1. The molecule has 0 aliphatic rings. The highest BCUT2D eigenvalue weighted by molar-refractivity contribution is 5.68. The average Bonchev–Trinajstić information content (AvgIpc) is 1.98. The Bertz CT molecular complexity index is 108. The van der Waals surface area contributed by atoms with Crippen molar-refractivity contribution in [2.45, 2.75) is 25.7 Å². The molecule has 0 unspecified atom stereocenters. The molecule has 0 atom stereocenters. The third kappa shape index (κ3) is 5.35. The average molecular weight is 141 g/mol. The van der Waals surface area contributed by atoms with Gasteiger partial charge in [0, 0.05) is 6.42 Å². The molecule has 0 saturated carbocycles. The minimum Gasteiger partial charge on any atom is -0.469 e. The van der Waals surface area contributed by atoms with Crippen LogP contribution in [-0.4, -0.2) is 13.1 Å². The van der Waals surface area contributed by atoms with Gasteiger partial charge in [-0.25, -0.2) is 0 Å². The van der Waals surface area contributed by atoms with E-state index in [9.17, 15) is 4.79 Å². The van der Waals surface area contributed by atoms with Crippen LogP contribution in [0.15, 0.2) is 6.58 Å². The molecule has 10 heavy (non-hydrogen) atoms. The van der Waals surface area contributed by atoms with Crippen LogP contribution >= 0.6 is 0 Å². The number of hydrogen-bond acceptors (Lipinski definition) is 2. The van der Waals surface area contributed by atoms with Crippen molar-refractivity contribution in [3.05, 3.63) is 12.7 Å². The van der Waals surface area contributed by atoms with Crippen molar-refractivity contribution in [1.29, 1.82) is 0 Å². The van der Waals surface area contributed by atoms with Crippen molar-refractivity contribution in [3.63, 3.8) is 0 Å². The van der Waals surface area contributed by atoms with E-state index < -0.39 is 0 Å². The Hall–Kier alpha value is -0.790. The van der Waals surface area contributed by atoms with Crippen LogP contribution in [0.5, 0.6) is 0 Å². The van der Waals surface area contributed by atoms with Crippen molar-refractivity contribution >= 4 is 5.97 Å². The third-order valence-corrected chi connectivity index (χ3v) is 1.21. The highest BCUT2D eigenvalue weighted by Gasteiger charge is 1.97. The number of unbranched alkanes of at least 4 members (excludes halogenated alkanes) is 2. The molecule has 2 heteroatoms. The molecule has 0 bridgehead atoms. The Labute approximate surface area is 61.9 Å². The molecule has 1 radical (unpaired) electrons. The standard InChI is InChI=1S/C8H13O2/c1-3-4-5-6-7-8(9)10-2/h1,4-7H2,2H3. The quantitative estimate of drug-likeness (QED) is 0.430. The van der Waals surface area contributed by atoms with Crippen LogP contribution in [-0.2, 0) is 9.53 Å². The minimum atomic E-state index is -0.135. The zero-order chi connectivity index (χ0) is 7.82. The number of carbonyl (C=O) groups excluding carboxylic acids is 1. The second kappa shape index (κ2) is 6.33. The van der Waals surface area contributed by atoms with E-state index in [1.54, 1.807) is 0 Å². The lowest BCUT2D eigenvalue weighted by Gasteiger charge is -1.95. The first kappa shape index (κ1) is 9.21. The summed E-state index contributed by atoms with van der Waals surface area (Å²) in [5, 5.41) is 0. The van der Waals surface area contributed by atoms with Crippen LogP contribution in [0, 0.1) is 6.08 Å². The van der Waals surface area contributed by atoms with Gasteiger partial charge in [0.2, 0.25) is 0 Å². The zero-order valence-corrected chi connectivity index (χ0v) is 6.35. The molecule has 0 aromatic carbocycles. The number of hydrogen-bond donors (Lipinski definition) is 0. The molecule has 0 rings (SSSR count). The molecular formula is C8H13O2. The van der Waals surface area contributed by atoms with Gasteiger partial charge in [-0.3, -0.25) is 4.79 Å². The van der Waals surface area contributed by atoms with Gasteiger partial charge in [-0.2, -0.15) is 0 Å². The third-order valence-electron chi connectivity index (χ3n) is 1.21. The summed E-state index contributed by atoms with van der Waals surface area (Å²) in [6.45, 7) is 3.46. The lowest BCUT2D eigenvalue weighted by molar-refractivity contribution is -0.140. The Morgan fingerprint density at radius 1 is 1.60 bits per heavy atom. The first-order valence-electron chi connectivity index (χ1n) is 3.38. The van der Waals surface area contributed by atoms with Gasteiger partial charge in [0.1, 0.15) is 0 Å². The lowest BCUT2D eigenvalue weighted by atomic mass is 10.2. The van der Waals surface area contributed by atoms with Crippen molar-refractivity contribution in [1.82, 2.24) is 0 Å².